The van der Waals surface area contributed by atoms with E-state index in [0.717, 1.165) is 4.90 Å². The van der Waals surface area contributed by atoms with Crippen molar-refractivity contribution in [3.8, 4) is 0 Å². The quantitative estimate of drug-likeness (QED) is 0.799. The first-order valence-electron chi connectivity index (χ1n) is 5.98. The number of ether oxygens (including phenoxy) is 1. The minimum absolute atomic E-state index is 0.325. The van der Waals surface area contributed by atoms with E-state index in [9.17, 15) is 14.7 Å². The number of imide groups is 1. The Morgan fingerprint density at radius 1 is 1.59 bits per heavy atom. The van der Waals surface area contributed by atoms with Gasteiger partial charge in [-0.2, -0.15) is 0 Å². The highest BCUT2D eigenvalue weighted by Gasteiger charge is 2.40. The van der Waals surface area contributed by atoms with E-state index in [2.05, 4.69) is 0 Å². The fourth-order valence-corrected chi connectivity index (χ4v) is 1.84. The molecule has 0 aromatic rings. The lowest BCUT2D eigenvalue weighted by atomic mass is 9.99. The number of likely N-dealkylation sites (tertiary alicyclic amines) is 1. The third kappa shape index (κ3) is 3.43. The Morgan fingerprint density at radius 3 is 2.65 bits per heavy atom. The molecule has 17 heavy (non-hydrogen) atoms. The van der Waals surface area contributed by atoms with Gasteiger partial charge >= 0.3 is 6.09 Å². The van der Waals surface area contributed by atoms with Gasteiger partial charge in [0.15, 0.2) is 0 Å². The molecule has 0 radical (unpaired) electrons. The molecule has 2 atom stereocenters. The summed E-state index contributed by atoms with van der Waals surface area (Å²) in [4.78, 5) is 24.7. The molecular formula is C12H21NO4. The van der Waals surface area contributed by atoms with Crippen molar-refractivity contribution in [2.45, 2.75) is 52.2 Å². The highest BCUT2D eigenvalue weighted by Crippen LogP contribution is 2.24. The molecule has 1 fully saturated rings. The molecule has 0 aromatic carbocycles. The Labute approximate surface area is 102 Å². The molecule has 1 N–H and O–H groups in total. The number of amides is 2. The van der Waals surface area contributed by atoms with Crippen molar-refractivity contribution in [3.63, 3.8) is 0 Å². The van der Waals surface area contributed by atoms with Crippen molar-refractivity contribution < 1.29 is 19.4 Å². The average Bonchev–Trinajstić information content (AvgIpc) is 2.56. The lowest BCUT2D eigenvalue weighted by Crippen LogP contribution is -2.40. The van der Waals surface area contributed by atoms with Crippen LogP contribution in [0, 0.1) is 5.92 Å². The van der Waals surface area contributed by atoms with Crippen molar-refractivity contribution in [3.05, 3.63) is 0 Å². The predicted octanol–water partition coefficient (Wildman–Crippen LogP) is 1.54. The van der Waals surface area contributed by atoms with Crippen LogP contribution in [0.5, 0.6) is 0 Å². The summed E-state index contributed by atoms with van der Waals surface area (Å²) >= 11 is 0. The number of nitrogens with zero attached hydrogens (tertiary/aromatic N) is 1. The summed E-state index contributed by atoms with van der Waals surface area (Å²) < 4.78 is 5.14. The summed E-state index contributed by atoms with van der Waals surface area (Å²) in [6, 6.07) is 0. The molecule has 2 unspecified atom stereocenters. The molecule has 1 heterocycles. The summed E-state index contributed by atoms with van der Waals surface area (Å²) in [6.45, 7) is 7.40. The second-order valence-corrected chi connectivity index (χ2v) is 5.34. The van der Waals surface area contributed by atoms with E-state index in [0.29, 0.717) is 19.4 Å². The monoisotopic (exact) mass is 243 g/mol. The molecule has 5 heteroatoms. The molecule has 0 bridgehead atoms. The average molecular weight is 243 g/mol. The maximum atomic E-state index is 11.9. The summed E-state index contributed by atoms with van der Waals surface area (Å²) in [5.41, 5.74) is -0.612. The van der Waals surface area contributed by atoms with Gasteiger partial charge in [-0.05, 0) is 33.6 Å². The van der Waals surface area contributed by atoms with Gasteiger partial charge in [0.2, 0.25) is 5.91 Å². The fourth-order valence-electron chi connectivity index (χ4n) is 1.84. The third-order valence-corrected chi connectivity index (χ3v) is 2.74. The Bertz CT molecular complexity index is 308. The molecule has 0 saturated carbocycles. The molecule has 0 aromatic heterocycles. The van der Waals surface area contributed by atoms with Crippen LogP contribution < -0.4 is 0 Å². The highest BCUT2D eigenvalue weighted by molar-refractivity contribution is 5.95. The number of hydrogen-bond acceptors (Lipinski definition) is 4. The minimum Gasteiger partial charge on any atom is -0.443 e. The van der Waals surface area contributed by atoms with Crippen LogP contribution in [0.25, 0.3) is 0 Å². The Balaban J connectivity index is 2.64. The first kappa shape index (κ1) is 14.0. The zero-order chi connectivity index (χ0) is 13.2. The molecule has 0 aliphatic carbocycles. The van der Waals surface area contributed by atoms with E-state index < -0.39 is 23.7 Å². The molecule has 1 aliphatic heterocycles. The first-order chi connectivity index (χ1) is 7.76. The highest BCUT2D eigenvalue weighted by atomic mass is 16.6. The van der Waals surface area contributed by atoms with Crippen LogP contribution in [-0.4, -0.2) is 40.3 Å². The van der Waals surface area contributed by atoms with E-state index in [1.807, 2.05) is 6.92 Å². The fraction of sp³-hybridized carbons (Fsp3) is 0.833. The summed E-state index contributed by atoms with van der Waals surface area (Å²) in [5, 5.41) is 9.66. The summed E-state index contributed by atoms with van der Waals surface area (Å²) in [5.74, 6) is -0.791. The van der Waals surface area contributed by atoms with E-state index in [-0.39, 0.29) is 5.91 Å². The zero-order valence-electron chi connectivity index (χ0n) is 10.9. The molecule has 5 nitrogen and oxygen atoms in total. The SMILES string of the molecule is CCC(O)C1CCN(C(=O)OC(C)(C)C)C1=O. The maximum absolute atomic E-state index is 11.9. The van der Waals surface area contributed by atoms with Gasteiger partial charge in [0.05, 0.1) is 12.0 Å². The Morgan fingerprint density at radius 2 is 2.18 bits per heavy atom. The summed E-state index contributed by atoms with van der Waals surface area (Å²) in [6.07, 6.45) is -0.269. The lowest BCUT2D eigenvalue weighted by molar-refractivity contribution is -0.133. The van der Waals surface area contributed by atoms with Crippen molar-refractivity contribution in [2.75, 3.05) is 6.54 Å². The van der Waals surface area contributed by atoms with Gasteiger partial charge in [-0.25, -0.2) is 9.69 Å². The van der Waals surface area contributed by atoms with Crippen LogP contribution in [-0.2, 0) is 9.53 Å². The molecule has 2 amide bonds. The Hall–Kier alpha value is -1.10. The van der Waals surface area contributed by atoms with Crippen LogP contribution in [0.1, 0.15) is 40.5 Å². The molecule has 98 valence electrons. The van der Waals surface area contributed by atoms with Gasteiger partial charge in [-0.15, -0.1) is 0 Å². The van der Waals surface area contributed by atoms with Gasteiger partial charge < -0.3 is 9.84 Å². The number of aliphatic hydroxyl groups is 1. The second-order valence-electron chi connectivity index (χ2n) is 5.34. The summed E-state index contributed by atoms with van der Waals surface area (Å²) in [7, 11) is 0. The minimum atomic E-state index is -0.671. The first-order valence-corrected chi connectivity index (χ1v) is 5.98. The number of carbonyl (C=O) groups excluding carboxylic acids is 2. The van der Waals surface area contributed by atoms with Gasteiger partial charge in [0, 0.05) is 6.54 Å². The molecule has 0 spiro atoms. The number of aliphatic hydroxyl groups excluding tert-OH is 1. The number of rotatable bonds is 2. The zero-order valence-corrected chi connectivity index (χ0v) is 10.9. The van der Waals surface area contributed by atoms with Crippen LogP contribution in [0.2, 0.25) is 0 Å². The normalized spacial score (nSPS) is 22.8. The molecule has 1 aliphatic rings. The Kier molecular flexibility index (Phi) is 4.14. The smallest absolute Gasteiger partial charge is 0.417 e. The molecule has 1 rings (SSSR count). The van der Waals surface area contributed by atoms with E-state index in [1.54, 1.807) is 20.8 Å². The maximum Gasteiger partial charge on any atom is 0.417 e. The largest absolute Gasteiger partial charge is 0.443 e. The van der Waals surface area contributed by atoms with Crippen molar-refractivity contribution in [1.82, 2.24) is 4.90 Å². The number of carbonyl (C=O) groups is 2. The standard InChI is InChI=1S/C12H21NO4/c1-5-9(14)8-6-7-13(10(8)15)11(16)17-12(2,3)4/h8-9,14H,5-7H2,1-4H3. The van der Waals surface area contributed by atoms with Crippen LogP contribution in [0.3, 0.4) is 0 Å². The van der Waals surface area contributed by atoms with E-state index >= 15 is 0 Å². The van der Waals surface area contributed by atoms with Crippen molar-refractivity contribution >= 4 is 12.0 Å². The van der Waals surface area contributed by atoms with Gasteiger partial charge in [-0.3, -0.25) is 4.79 Å². The van der Waals surface area contributed by atoms with Gasteiger partial charge in [-0.1, -0.05) is 6.92 Å². The van der Waals surface area contributed by atoms with Gasteiger partial charge in [0.1, 0.15) is 5.60 Å². The second kappa shape index (κ2) is 5.04. The van der Waals surface area contributed by atoms with Crippen LogP contribution in [0.4, 0.5) is 4.79 Å². The number of hydrogen-bond donors (Lipinski definition) is 1. The topological polar surface area (TPSA) is 66.8 Å². The van der Waals surface area contributed by atoms with Gasteiger partial charge in [0.25, 0.3) is 0 Å². The van der Waals surface area contributed by atoms with Crippen LogP contribution >= 0.6 is 0 Å². The van der Waals surface area contributed by atoms with Crippen molar-refractivity contribution in [2.24, 2.45) is 5.92 Å². The van der Waals surface area contributed by atoms with E-state index in [4.69, 9.17) is 4.74 Å². The molecule has 1 saturated heterocycles. The third-order valence-electron chi connectivity index (χ3n) is 2.74. The molecular weight excluding hydrogens is 222 g/mol. The van der Waals surface area contributed by atoms with E-state index in [1.165, 1.54) is 0 Å². The van der Waals surface area contributed by atoms with Crippen molar-refractivity contribution in [1.29, 1.82) is 0 Å². The lowest BCUT2D eigenvalue weighted by Gasteiger charge is -2.23. The predicted molar refractivity (Wildman–Crippen MR) is 62.4 cm³/mol. The van der Waals surface area contributed by atoms with Crippen LogP contribution in [0.15, 0.2) is 0 Å².